The number of aromatic hydroxyl groups is 2. The number of benzene rings is 12. The monoisotopic (exact) mass is 850 g/mol. The SMILES string of the molecule is Oc1c(C(O)(c2ccc3ccccc3c2)c2ccc3ccccc3c2)cc2ccccc2c1-c1c(O)c(C(O)(c2ccc3ccccc3c2)c2ccc3ccccc3c2)cc2ccccc12. The lowest BCUT2D eigenvalue weighted by Gasteiger charge is -2.34. The van der Waals surface area contributed by atoms with E-state index in [0.29, 0.717) is 44.2 Å². The van der Waals surface area contributed by atoms with E-state index in [0.717, 1.165) is 53.9 Å². The Morgan fingerprint density at radius 3 is 0.773 bits per heavy atom. The van der Waals surface area contributed by atoms with E-state index in [1.54, 1.807) is 0 Å². The molecule has 0 atom stereocenters. The van der Waals surface area contributed by atoms with Crippen LogP contribution in [0.2, 0.25) is 0 Å². The van der Waals surface area contributed by atoms with Gasteiger partial charge in [-0.25, -0.2) is 0 Å². The summed E-state index contributed by atoms with van der Waals surface area (Å²) in [6, 6.07) is 75.0. The van der Waals surface area contributed by atoms with Crippen LogP contribution in [-0.4, -0.2) is 20.4 Å². The van der Waals surface area contributed by atoms with Gasteiger partial charge in [0.05, 0.1) is 0 Å². The lowest BCUT2D eigenvalue weighted by atomic mass is 9.75. The van der Waals surface area contributed by atoms with Crippen LogP contribution < -0.4 is 0 Å². The third kappa shape index (κ3) is 6.08. The van der Waals surface area contributed by atoms with Crippen LogP contribution in [0.3, 0.4) is 0 Å². The Balaban J connectivity index is 1.19. The van der Waals surface area contributed by atoms with Gasteiger partial charge < -0.3 is 20.4 Å². The Bertz CT molecular complexity index is 3490. The van der Waals surface area contributed by atoms with Gasteiger partial charge in [0.1, 0.15) is 22.7 Å². The zero-order valence-corrected chi connectivity index (χ0v) is 35.7. The maximum absolute atomic E-state index is 13.8. The number of phenols is 2. The first-order valence-electron chi connectivity index (χ1n) is 22.2. The number of aliphatic hydroxyl groups is 2. The Hall–Kier alpha value is -8.28. The average molecular weight is 851 g/mol. The van der Waals surface area contributed by atoms with Crippen LogP contribution in [0.5, 0.6) is 11.5 Å². The highest BCUT2D eigenvalue weighted by Crippen LogP contribution is 2.55. The smallest absolute Gasteiger partial charge is 0.144 e. The molecule has 4 nitrogen and oxygen atoms in total. The highest BCUT2D eigenvalue weighted by Gasteiger charge is 2.41. The van der Waals surface area contributed by atoms with Crippen LogP contribution in [0.25, 0.3) is 75.8 Å². The number of rotatable bonds is 7. The predicted molar refractivity (Wildman–Crippen MR) is 270 cm³/mol. The van der Waals surface area contributed by atoms with Crippen molar-refractivity contribution in [2.45, 2.75) is 11.2 Å². The van der Waals surface area contributed by atoms with Gasteiger partial charge in [0.2, 0.25) is 0 Å². The normalized spacial score (nSPS) is 12.2. The summed E-state index contributed by atoms with van der Waals surface area (Å²) in [4.78, 5) is 0. The van der Waals surface area contributed by atoms with Gasteiger partial charge in [-0.2, -0.15) is 0 Å². The van der Waals surface area contributed by atoms with Gasteiger partial charge in [0.15, 0.2) is 0 Å². The molecule has 0 amide bonds. The molecule has 0 saturated heterocycles. The van der Waals surface area contributed by atoms with E-state index < -0.39 is 11.2 Å². The number of phenolic OH excluding ortho intramolecular Hbond substituents is 2. The van der Waals surface area contributed by atoms with E-state index in [-0.39, 0.29) is 22.6 Å². The van der Waals surface area contributed by atoms with E-state index in [1.807, 2.05) is 231 Å². The van der Waals surface area contributed by atoms with Crippen LogP contribution >= 0.6 is 0 Å². The maximum atomic E-state index is 13.8. The standard InChI is InChI=1S/C62H42O4/c63-59-55(61(65,49-29-25-39-13-1-5-17-43(39)33-49)50-30-26-40-14-2-6-18-44(40)34-50)37-47-21-9-11-23-53(47)57(59)58-54-24-12-10-22-48(54)38-56(60(58)64)62(66,51-31-27-41-15-3-7-19-45(41)35-51)52-32-28-42-16-4-8-20-46(42)36-52/h1-38,63-66H. The maximum Gasteiger partial charge on any atom is 0.144 e. The van der Waals surface area contributed by atoms with Crippen molar-refractivity contribution in [1.82, 2.24) is 0 Å². The van der Waals surface area contributed by atoms with Crippen LogP contribution in [0, 0.1) is 0 Å². The molecule has 314 valence electrons. The summed E-state index contributed by atoms with van der Waals surface area (Å²) in [5.74, 6) is -0.398. The van der Waals surface area contributed by atoms with Crippen molar-refractivity contribution in [1.29, 1.82) is 0 Å². The fraction of sp³-hybridized carbons (Fsp3) is 0.0323. The summed E-state index contributed by atoms with van der Waals surface area (Å²) in [7, 11) is 0. The Kier molecular flexibility index (Phi) is 9.04. The molecule has 0 radical (unpaired) electrons. The van der Waals surface area contributed by atoms with Crippen molar-refractivity contribution in [2.75, 3.05) is 0 Å². The van der Waals surface area contributed by atoms with Crippen molar-refractivity contribution in [3.05, 3.63) is 264 Å². The summed E-state index contributed by atoms with van der Waals surface area (Å²) >= 11 is 0. The third-order valence-corrected chi connectivity index (χ3v) is 13.7. The summed E-state index contributed by atoms with van der Waals surface area (Å²) < 4.78 is 0. The first-order valence-corrected chi connectivity index (χ1v) is 22.2. The number of hydrogen-bond donors (Lipinski definition) is 4. The van der Waals surface area contributed by atoms with Gasteiger partial charge in [0.25, 0.3) is 0 Å². The largest absolute Gasteiger partial charge is 0.507 e. The fourth-order valence-electron chi connectivity index (χ4n) is 10.3. The van der Waals surface area contributed by atoms with Gasteiger partial charge in [-0.1, -0.05) is 194 Å². The van der Waals surface area contributed by atoms with Crippen LogP contribution in [-0.2, 0) is 11.2 Å². The molecule has 0 aliphatic carbocycles. The molecule has 0 aromatic heterocycles. The highest BCUT2D eigenvalue weighted by molar-refractivity contribution is 6.11. The van der Waals surface area contributed by atoms with Crippen molar-refractivity contribution in [3.8, 4) is 22.6 Å². The lowest BCUT2D eigenvalue weighted by Crippen LogP contribution is -2.29. The van der Waals surface area contributed by atoms with Crippen molar-refractivity contribution in [2.24, 2.45) is 0 Å². The second kappa shape index (κ2) is 15.2. The lowest BCUT2D eigenvalue weighted by molar-refractivity contribution is 0.122. The Labute approximate surface area is 381 Å². The minimum atomic E-state index is -1.89. The van der Waals surface area contributed by atoms with Gasteiger partial charge in [-0.15, -0.1) is 0 Å². The van der Waals surface area contributed by atoms with Gasteiger partial charge in [0, 0.05) is 22.3 Å². The summed E-state index contributed by atoms with van der Waals surface area (Å²) in [6.07, 6.45) is 0. The molecule has 12 rings (SSSR count). The molecule has 12 aromatic carbocycles. The van der Waals surface area contributed by atoms with Crippen molar-refractivity contribution >= 4 is 64.6 Å². The van der Waals surface area contributed by atoms with Crippen LogP contribution in [0.1, 0.15) is 33.4 Å². The van der Waals surface area contributed by atoms with Crippen LogP contribution in [0.15, 0.2) is 231 Å². The number of hydrogen-bond acceptors (Lipinski definition) is 4. The van der Waals surface area contributed by atoms with Crippen molar-refractivity contribution in [3.63, 3.8) is 0 Å². The molecule has 4 heteroatoms. The molecule has 0 saturated carbocycles. The minimum absolute atomic E-state index is 0.199. The Morgan fingerprint density at radius 1 is 0.242 bits per heavy atom. The molecule has 4 N–H and O–H groups in total. The summed E-state index contributed by atoms with van der Waals surface area (Å²) in [6.45, 7) is 0. The topological polar surface area (TPSA) is 80.9 Å². The molecular formula is C62H42O4. The molecule has 0 bridgehead atoms. The Morgan fingerprint density at radius 2 is 0.485 bits per heavy atom. The zero-order chi connectivity index (χ0) is 44.6. The van der Waals surface area contributed by atoms with Gasteiger partial charge in [-0.05, 0) is 123 Å². The van der Waals surface area contributed by atoms with E-state index in [9.17, 15) is 20.4 Å². The van der Waals surface area contributed by atoms with E-state index >= 15 is 0 Å². The minimum Gasteiger partial charge on any atom is -0.507 e. The number of fused-ring (bicyclic) bond motifs is 6. The van der Waals surface area contributed by atoms with E-state index in [4.69, 9.17) is 0 Å². The molecule has 0 aliphatic heterocycles. The van der Waals surface area contributed by atoms with Gasteiger partial charge >= 0.3 is 0 Å². The molecule has 12 aromatic rings. The molecule has 0 fully saturated rings. The zero-order valence-electron chi connectivity index (χ0n) is 35.7. The first kappa shape index (κ1) is 39.3. The second-order valence-electron chi connectivity index (χ2n) is 17.4. The third-order valence-electron chi connectivity index (χ3n) is 13.7. The average Bonchev–Trinajstić information content (AvgIpc) is 3.37. The quantitative estimate of drug-likeness (QED) is 0.120. The molecule has 0 spiro atoms. The predicted octanol–water partition coefficient (Wildman–Crippen LogP) is 14.3. The summed E-state index contributed by atoms with van der Waals surface area (Å²) in [5, 5.41) is 65.0. The fourth-order valence-corrected chi connectivity index (χ4v) is 10.3. The van der Waals surface area contributed by atoms with Crippen molar-refractivity contribution < 1.29 is 20.4 Å². The molecule has 66 heavy (non-hydrogen) atoms. The second-order valence-corrected chi connectivity index (χ2v) is 17.4. The summed E-state index contributed by atoms with van der Waals surface area (Å²) in [5.41, 5.74) is -0.361. The first-order chi connectivity index (χ1) is 32.3. The highest BCUT2D eigenvalue weighted by atomic mass is 16.3. The van der Waals surface area contributed by atoms with Gasteiger partial charge in [-0.3, -0.25) is 0 Å². The van der Waals surface area contributed by atoms with E-state index in [1.165, 1.54) is 0 Å². The van der Waals surface area contributed by atoms with E-state index in [2.05, 4.69) is 0 Å². The molecule has 0 unspecified atom stereocenters. The molecule has 0 aliphatic rings. The molecular weight excluding hydrogens is 809 g/mol. The molecule has 0 heterocycles. The van der Waals surface area contributed by atoms with Crippen LogP contribution in [0.4, 0.5) is 0 Å².